The van der Waals surface area contributed by atoms with E-state index < -0.39 is 0 Å². The van der Waals surface area contributed by atoms with Crippen molar-refractivity contribution in [3.63, 3.8) is 0 Å². The van der Waals surface area contributed by atoms with Crippen molar-refractivity contribution >= 4 is 65.3 Å². The smallest absolute Gasteiger partial charge is 0.164 e. The van der Waals surface area contributed by atoms with Gasteiger partial charge in [-0.3, -0.25) is 0 Å². The van der Waals surface area contributed by atoms with Crippen LogP contribution in [0.5, 0.6) is 0 Å². The molecule has 0 saturated heterocycles. The third-order valence-corrected chi connectivity index (χ3v) is 11.0. The topological polar surface area (TPSA) is 69.6 Å². The van der Waals surface area contributed by atoms with E-state index in [2.05, 4.69) is 108 Å². The molecule has 0 fully saturated rings. The van der Waals surface area contributed by atoms with Crippen LogP contribution in [-0.4, -0.2) is 24.5 Å². The van der Waals surface area contributed by atoms with Crippen molar-refractivity contribution in [2.45, 2.75) is 0 Å². The Labute approximate surface area is 307 Å². The molecule has 11 rings (SSSR count). The van der Waals surface area contributed by atoms with Gasteiger partial charge in [-0.15, -0.1) is 11.3 Å². The monoisotopic (exact) mass is 697 g/mol. The number of thiazole rings is 1. The number of furan rings is 1. The molecule has 0 aliphatic carbocycles. The van der Waals surface area contributed by atoms with E-state index in [-0.39, 0.29) is 0 Å². The molecular formula is C46H27N5OS. The molecular weight excluding hydrogens is 671 g/mol. The number of nitrogens with zero attached hydrogens (tertiary/aromatic N) is 5. The molecule has 7 heteroatoms. The molecule has 4 aromatic heterocycles. The van der Waals surface area contributed by atoms with Crippen molar-refractivity contribution in [3.8, 4) is 50.4 Å². The SMILES string of the molecule is c1ccc(-c2nc(-c3ccc(-n4c5ccccc5c5ccc(-c6nc7ccccc7s6)cc54)cc3)nc(-c3ccc4c(c3)oc3ccccc34)n2)cc1. The Morgan fingerprint density at radius 1 is 0.415 bits per heavy atom. The first-order chi connectivity index (χ1) is 26.2. The van der Waals surface area contributed by atoms with Crippen LogP contribution in [-0.2, 0) is 0 Å². The number of rotatable bonds is 5. The van der Waals surface area contributed by atoms with Gasteiger partial charge in [-0.1, -0.05) is 97.1 Å². The van der Waals surface area contributed by atoms with Gasteiger partial charge in [0.2, 0.25) is 0 Å². The maximum absolute atomic E-state index is 6.22. The Balaban J connectivity index is 1.04. The number of fused-ring (bicyclic) bond motifs is 7. The molecule has 6 nitrogen and oxygen atoms in total. The van der Waals surface area contributed by atoms with Gasteiger partial charge in [0.05, 0.1) is 21.3 Å². The lowest BCUT2D eigenvalue weighted by molar-refractivity contribution is 0.669. The molecule has 7 aromatic carbocycles. The summed E-state index contributed by atoms with van der Waals surface area (Å²) in [7, 11) is 0. The lowest BCUT2D eigenvalue weighted by atomic mass is 10.1. The van der Waals surface area contributed by atoms with Crippen molar-refractivity contribution in [1.82, 2.24) is 24.5 Å². The van der Waals surface area contributed by atoms with E-state index in [1.54, 1.807) is 11.3 Å². The predicted molar refractivity (Wildman–Crippen MR) is 216 cm³/mol. The summed E-state index contributed by atoms with van der Waals surface area (Å²) in [6, 6.07) is 56.4. The highest BCUT2D eigenvalue weighted by Gasteiger charge is 2.17. The number of para-hydroxylation sites is 3. The molecule has 0 aliphatic rings. The maximum atomic E-state index is 6.22. The van der Waals surface area contributed by atoms with Crippen LogP contribution in [0, 0.1) is 0 Å². The van der Waals surface area contributed by atoms with Gasteiger partial charge in [0.25, 0.3) is 0 Å². The zero-order chi connectivity index (χ0) is 34.9. The lowest BCUT2D eigenvalue weighted by Gasteiger charge is -2.11. The third-order valence-electron chi connectivity index (χ3n) is 9.90. The van der Waals surface area contributed by atoms with E-state index in [0.717, 1.165) is 71.4 Å². The van der Waals surface area contributed by atoms with E-state index in [1.807, 2.05) is 60.7 Å². The van der Waals surface area contributed by atoms with Gasteiger partial charge in [0.1, 0.15) is 16.2 Å². The second kappa shape index (κ2) is 11.8. The minimum Gasteiger partial charge on any atom is -0.456 e. The minimum absolute atomic E-state index is 0.588. The molecule has 0 aliphatic heterocycles. The standard InChI is InChI=1S/C46H27N5OS/c1-2-10-28(11-3-1)43-48-44(50-45(49-43)30-20-25-36-35-13-5-8-16-40(35)52-41(36)27-30)29-18-22-32(23-19-29)51-38-15-7-4-12-33(38)34-24-21-31(26-39(34)51)46-47-37-14-6-9-17-42(37)53-46/h1-27H. The maximum Gasteiger partial charge on any atom is 0.164 e. The van der Waals surface area contributed by atoms with Crippen molar-refractivity contribution in [2.24, 2.45) is 0 Å². The zero-order valence-corrected chi connectivity index (χ0v) is 29.0. The molecule has 0 N–H and O–H groups in total. The van der Waals surface area contributed by atoms with Crippen LogP contribution in [0.4, 0.5) is 0 Å². The first kappa shape index (κ1) is 29.7. The van der Waals surface area contributed by atoms with Crippen LogP contribution < -0.4 is 0 Å². The molecule has 0 atom stereocenters. The fourth-order valence-corrected chi connectivity index (χ4v) is 8.31. The van der Waals surface area contributed by atoms with Crippen LogP contribution in [0.25, 0.3) is 104 Å². The van der Waals surface area contributed by atoms with Gasteiger partial charge in [0.15, 0.2) is 17.5 Å². The van der Waals surface area contributed by atoms with Gasteiger partial charge >= 0.3 is 0 Å². The number of hydrogen-bond acceptors (Lipinski definition) is 6. The van der Waals surface area contributed by atoms with Crippen LogP contribution in [0.1, 0.15) is 0 Å². The Morgan fingerprint density at radius 3 is 1.85 bits per heavy atom. The highest BCUT2D eigenvalue weighted by Crippen LogP contribution is 2.38. The van der Waals surface area contributed by atoms with Crippen LogP contribution >= 0.6 is 11.3 Å². The number of aromatic nitrogens is 5. The van der Waals surface area contributed by atoms with Crippen LogP contribution in [0.2, 0.25) is 0 Å². The summed E-state index contributed by atoms with van der Waals surface area (Å²) in [6.45, 7) is 0. The summed E-state index contributed by atoms with van der Waals surface area (Å²) < 4.78 is 9.74. The van der Waals surface area contributed by atoms with Crippen molar-refractivity contribution in [3.05, 3.63) is 164 Å². The average Bonchev–Trinajstić information content (AvgIpc) is 3.92. The second-order valence-corrected chi connectivity index (χ2v) is 14.1. The summed E-state index contributed by atoms with van der Waals surface area (Å²) in [6.07, 6.45) is 0. The summed E-state index contributed by atoms with van der Waals surface area (Å²) in [5, 5.41) is 5.57. The Bertz CT molecular complexity index is 3140. The summed E-state index contributed by atoms with van der Waals surface area (Å²) in [5.74, 6) is 1.81. The molecule has 0 bridgehead atoms. The van der Waals surface area contributed by atoms with E-state index in [0.29, 0.717) is 17.5 Å². The normalized spacial score (nSPS) is 11.8. The summed E-state index contributed by atoms with van der Waals surface area (Å²) >= 11 is 1.72. The second-order valence-electron chi connectivity index (χ2n) is 13.1. The fourth-order valence-electron chi connectivity index (χ4n) is 7.35. The number of benzene rings is 7. The highest BCUT2D eigenvalue weighted by atomic mass is 32.1. The van der Waals surface area contributed by atoms with E-state index in [9.17, 15) is 0 Å². The van der Waals surface area contributed by atoms with Gasteiger partial charge in [-0.25, -0.2) is 19.9 Å². The Kier molecular flexibility index (Phi) is 6.62. The zero-order valence-electron chi connectivity index (χ0n) is 28.1. The van der Waals surface area contributed by atoms with Gasteiger partial charge in [0, 0.05) is 49.5 Å². The predicted octanol–water partition coefficient (Wildman–Crippen LogP) is 12.1. The van der Waals surface area contributed by atoms with Crippen molar-refractivity contribution in [1.29, 1.82) is 0 Å². The average molecular weight is 698 g/mol. The molecule has 0 radical (unpaired) electrons. The first-order valence-corrected chi connectivity index (χ1v) is 18.3. The third kappa shape index (κ3) is 4.93. The molecule has 0 unspecified atom stereocenters. The molecule has 0 saturated carbocycles. The minimum atomic E-state index is 0.588. The fraction of sp³-hybridized carbons (Fsp3) is 0. The van der Waals surface area contributed by atoms with Crippen LogP contribution in [0.15, 0.2) is 168 Å². The van der Waals surface area contributed by atoms with Gasteiger partial charge in [-0.05, 0) is 66.7 Å². The molecule has 11 aromatic rings. The Morgan fingerprint density at radius 2 is 1.02 bits per heavy atom. The van der Waals surface area contributed by atoms with Crippen LogP contribution in [0.3, 0.4) is 0 Å². The van der Waals surface area contributed by atoms with E-state index in [1.165, 1.54) is 15.5 Å². The van der Waals surface area contributed by atoms with Gasteiger partial charge in [-0.2, -0.15) is 0 Å². The first-order valence-electron chi connectivity index (χ1n) is 17.5. The summed E-state index contributed by atoms with van der Waals surface area (Å²) in [4.78, 5) is 20.0. The molecule has 53 heavy (non-hydrogen) atoms. The highest BCUT2D eigenvalue weighted by molar-refractivity contribution is 7.21. The van der Waals surface area contributed by atoms with Gasteiger partial charge < -0.3 is 8.98 Å². The van der Waals surface area contributed by atoms with Crippen molar-refractivity contribution < 1.29 is 4.42 Å². The largest absolute Gasteiger partial charge is 0.456 e. The molecule has 0 spiro atoms. The molecule has 0 amide bonds. The quantitative estimate of drug-likeness (QED) is 0.179. The molecule has 4 heterocycles. The Hall–Kier alpha value is -6.96. The number of hydrogen-bond donors (Lipinski definition) is 0. The molecule has 248 valence electrons. The van der Waals surface area contributed by atoms with Crippen molar-refractivity contribution in [2.75, 3.05) is 0 Å². The van der Waals surface area contributed by atoms with E-state index in [4.69, 9.17) is 24.4 Å². The lowest BCUT2D eigenvalue weighted by Crippen LogP contribution is -2.00. The van der Waals surface area contributed by atoms with E-state index >= 15 is 0 Å². The summed E-state index contributed by atoms with van der Waals surface area (Å²) in [5.41, 5.74) is 9.80.